The first-order valence-electron chi connectivity index (χ1n) is 2.94. The van der Waals surface area contributed by atoms with E-state index >= 15 is 0 Å². The zero-order valence-corrected chi connectivity index (χ0v) is 5.63. The molecule has 0 aliphatic carbocycles. The minimum atomic E-state index is -0.466. The minimum Gasteiger partial charge on any atom is -0.206 e. The molecule has 0 saturated heterocycles. The van der Waals surface area contributed by atoms with Gasteiger partial charge in [0.05, 0.1) is 17.2 Å². The molecule has 0 aliphatic heterocycles. The molecule has 1 rings (SSSR count). The van der Waals surface area contributed by atoms with Crippen LogP contribution in [0.3, 0.4) is 0 Å². The van der Waals surface area contributed by atoms with Crippen molar-refractivity contribution in [3.05, 3.63) is 35.1 Å². The molecule has 1 nitrogen and oxygen atoms in total. The number of nitrogens with zero attached hydrogens (tertiary/aromatic N) is 1. The quantitative estimate of drug-likeness (QED) is 0.509. The second kappa shape index (κ2) is 2.86. The molecule has 0 radical (unpaired) electrons. The third kappa shape index (κ3) is 1.36. The summed E-state index contributed by atoms with van der Waals surface area (Å²) in [5.41, 5.74) is 0.503. The topological polar surface area (TPSA) is 23.8 Å². The van der Waals surface area contributed by atoms with Crippen molar-refractivity contribution in [2.45, 2.75) is 0 Å². The molecule has 0 saturated carbocycles. The first-order valence-corrected chi connectivity index (χ1v) is 2.94. The first-order chi connectivity index (χ1) is 5.27. The average molecular weight is 145 g/mol. The van der Waals surface area contributed by atoms with Gasteiger partial charge in [-0.1, -0.05) is 5.92 Å². The molecule has 0 N–H and O–H groups in total. The van der Waals surface area contributed by atoms with Crippen LogP contribution in [0.2, 0.25) is 0 Å². The van der Waals surface area contributed by atoms with Crippen LogP contribution in [-0.4, -0.2) is 0 Å². The van der Waals surface area contributed by atoms with E-state index in [4.69, 9.17) is 11.7 Å². The number of rotatable bonds is 0. The molecule has 52 valence electrons. The third-order valence-electron chi connectivity index (χ3n) is 1.25. The van der Waals surface area contributed by atoms with E-state index in [0.717, 1.165) is 0 Å². The first kappa shape index (κ1) is 7.31. The third-order valence-corrected chi connectivity index (χ3v) is 1.25. The number of hydrogen-bond acceptors (Lipinski definition) is 1. The molecule has 0 amide bonds. The molecule has 1 aromatic rings. The summed E-state index contributed by atoms with van der Waals surface area (Å²) in [5, 5.41) is 8.41. The highest BCUT2D eigenvalue weighted by molar-refractivity contribution is 5.41. The predicted molar refractivity (Wildman–Crippen MR) is 39.1 cm³/mol. The molecule has 0 bridgehead atoms. The van der Waals surface area contributed by atoms with Crippen molar-refractivity contribution in [2.75, 3.05) is 0 Å². The van der Waals surface area contributed by atoms with Gasteiger partial charge >= 0.3 is 0 Å². The summed E-state index contributed by atoms with van der Waals surface area (Å²) in [4.78, 5) is 0. The van der Waals surface area contributed by atoms with Crippen molar-refractivity contribution >= 4 is 0 Å². The fourth-order valence-corrected chi connectivity index (χ4v) is 0.705. The maximum atomic E-state index is 12.7. The van der Waals surface area contributed by atoms with Gasteiger partial charge in [0.1, 0.15) is 5.82 Å². The highest BCUT2D eigenvalue weighted by atomic mass is 19.1. The Morgan fingerprint density at radius 2 is 2.18 bits per heavy atom. The van der Waals surface area contributed by atoms with E-state index in [-0.39, 0.29) is 5.56 Å². The Balaban J connectivity index is 3.29. The van der Waals surface area contributed by atoms with E-state index in [1.807, 2.05) is 6.07 Å². The van der Waals surface area contributed by atoms with Crippen LogP contribution in [0, 0.1) is 29.5 Å². The predicted octanol–water partition coefficient (Wildman–Crippen LogP) is 1.68. The lowest BCUT2D eigenvalue weighted by Crippen LogP contribution is -1.84. The Labute approximate surface area is 64.1 Å². The molecule has 11 heavy (non-hydrogen) atoms. The molecule has 0 unspecified atom stereocenters. The number of terminal acetylenes is 1. The van der Waals surface area contributed by atoms with E-state index in [0.29, 0.717) is 5.56 Å². The van der Waals surface area contributed by atoms with Crippen molar-refractivity contribution in [3.8, 4) is 18.4 Å². The van der Waals surface area contributed by atoms with Crippen molar-refractivity contribution in [2.24, 2.45) is 0 Å². The average Bonchev–Trinajstić information content (AvgIpc) is 2.05. The van der Waals surface area contributed by atoms with Crippen molar-refractivity contribution < 1.29 is 4.39 Å². The largest absolute Gasteiger partial charge is 0.206 e. The second-order valence-corrected chi connectivity index (χ2v) is 1.95. The summed E-state index contributed by atoms with van der Waals surface area (Å²) in [6.45, 7) is 0. The Bertz CT molecular complexity index is 355. The summed E-state index contributed by atoms with van der Waals surface area (Å²) >= 11 is 0. The normalized spacial score (nSPS) is 8.27. The van der Waals surface area contributed by atoms with E-state index in [1.165, 1.54) is 18.2 Å². The maximum Gasteiger partial charge on any atom is 0.138 e. The summed E-state index contributed by atoms with van der Waals surface area (Å²) in [5.74, 6) is 1.68. The van der Waals surface area contributed by atoms with Gasteiger partial charge in [0, 0.05) is 0 Å². The Hall–Kier alpha value is -1.80. The Kier molecular flexibility index (Phi) is 1.90. The van der Waals surface area contributed by atoms with E-state index < -0.39 is 5.82 Å². The van der Waals surface area contributed by atoms with Gasteiger partial charge in [-0.05, 0) is 18.2 Å². The highest BCUT2D eigenvalue weighted by Crippen LogP contribution is 2.07. The standard InChI is InChI=1S/C9H4FN/c1-2-8-5-7(6-11)3-4-9(8)10/h1,3-5H. The zero-order chi connectivity index (χ0) is 8.27. The molecule has 0 aromatic heterocycles. The van der Waals surface area contributed by atoms with Crippen molar-refractivity contribution in [1.29, 1.82) is 5.26 Å². The number of benzene rings is 1. The number of halogens is 1. The van der Waals surface area contributed by atoms with E-state index in [2.05, 4.69) is 5.92 Å². The number of hydrogen-bond donors (Lipinski definition) is 0. The maximum absolute atomic E-state index is 12.7. The van der Waals surface area contributed by atoms with E-state index in [1.54, 1.807) is 0 Å². The van der Waals surface area contributed by atoms with Gasteiger partial charge in [-0.15, -0.1) is 6.42 Å². The molecular weight excluding hydrogens is 141 g/mol. The lowest BCUT2D eigenvalue weighted by atomic mass is 10.1. The lowest BCUT2D eigenvalue weighted by Gasteiger charge is -1.92. The smallest absolute Gasteiger partial charge is 0.138 e. The van der Waals surface area contributed by atoms with Crippen LogP contribution < -0.4 is 0 Å². The molecule has 0 aliphatic rings. The van der Waals surface area contributed by atoms with Gasteiger partial charge in [-0.3, -0.25) is 0 Å². The van der Waals surface area contributed by atoms with Crippen LogP contribution in [0.25, 0.3) is 0 Å². The van der Waals surface area contributed by atoms with E-state index in [9.17, 15) is 4.39 Å². The molecule has 0 atom stereocenters. The van der Waals surface area contributed by atoms with Crippen molar-refractivity contribution in [3.63, 3.8) is 0 Å². The monoisotopic (exact) mass is 145 g/mol. The zero-order valence-electron chi connectivity index (χ0n) is 5.63. The highest BCUT2D eigenvalue weighted by Gasteiger charge is 1.98. The summed E-state index contributed by atoms with van der Waals surface area (Å²) in [6.07, 6.45) is 4.97. The van der Waals surface area contributed by atoms with Gasteiger partial charge < -0.3 is 0 Å². The Morgan fingerprint density at radius 3 is 2.73 bits per heavy atom. The van der Waals surface area contributed by atoms with Gasteiger partial charge in [-0.2, -0.15) is 5.26 Å². The summed E-state index contributed by atoms with van der Waals surface area (Å²) in [7, 11) is 0. The SMILES string of the molecule is C#Cc1cc(C#N)ccc1F. The van der Waals surface area contributed by atoms with Crippen LogP contribution in [0.4, 0.5) is 4.39 Å². The fraction of sp³-hybridized carbons (Fsp3) is 0. The van der Waals surface area contributed by atoms with Gasteiger partial charge in [0.15, 0.2) is 0 Å². The molecule has 0 heterocycles. The molecule has 0 spiro atoms. The van der Waals surface area contributed by atoms with Crippen LogP contribution >= 0.6 is 0 Å². The fourth-order valence-electron chi connectivity index (χ4n) is 0.705. The summed E-state index contributed by atoms with van der Waals surface area (Å²) < 4.78 is 12.7. The molecule has 0 fully saturated rings. The minimum absolute atomic E-state index is 0.129. The molecule has 1 aromatic carbocycles. The molecule has 2 heteroatoms. The van der Waals surface area contributed by atoms with Gasteiger partial charge in [0.2, 0.25) is 0 Å². The number of nitriles is 1. The summed E-state index contributed by atoms with van der Waals surface area (Å²) in [6, 6.07) is 5.78. The lowest BCUT2D eigenvalue weighted by molar-refractivity contribution is 0.624. The second-order valence-electron chi connectivity index (χ2n) is 1.95. The Morgan fingerprint density at radius 1 is 1.45 bits per heavy atom. The van der Waals surface area contributed by atoms with Gasteiger partial charge in [-0.25, -0.2) is 4.39 Å². The van der Waals surface area contributed by atoms with Crippen LogP contribution in [0.1, 0.15) is 11.1 Å². The van der Waals surface area contributed by atoms with Crippen molar-refractivity contribution in [1.82, 2.24) is 0 Å². The van der Waals surface area contributed by atoms with Crippen LogP contribution in [-0.2, 0) is 0 Å². The molecular formula is C9H4FN. The van der Waals surface area contributed by atoms with Gasteiger partial charge in [0.25, 0.3) is 0 Å². The van der Waals surface area contributed by atoms with Crippen LogP contribution in [0.5, 0.6) is 0 Å². The van der Waals surface area contributed by atoms with Crippen LogP contribution in [0.15, 0.2) is 18.2 Å².